The third kappa shape index (κ3) is 3.92. The van der Waals surface area contributed by atoms with Crippen molar-refractivity contribution in [3.05, 3.63) is 20.6 Å². The summed E-state index contributed by atoms with van der Waals surface area (Å²) in [5.41, 5.74) is 0. The van der Waals surface area contributed by atoms with Gasteiger partial charge in [0.25, 0.3) is 0 Å². The molecule has 2 aromatic heterocycles. The van der Waals surface area contributed by atoms with Gasteiger partial charge in [0.15, 0.2) is 9.54 Å². The van der Waals surface area contributed by atoms with E-state index in [1.54, 1.807) is 0 Å². The molecule has 0 spiro atoms. The zero-order valence-electron chi connectivity index (χ0n) is 6.25. The van der Waals surface area contributed by atoms with E-state index in [9.17, 15) is 0 Å². The van der Waals surface area contributed by atoms with Crippen molar-refractivity contribution in [2.24, 2.45) is 0 Å². The molecule has 2 rings (SSSR count). The van der Waals surface area contributed by atoms with E-state index in [1.165, 1.54) is 6.33 Å². The number of aromatic nitrogens is 6. The Balaban J connectivity index is 0.000000132. The van der Waals surface area contributed by atoms with E-state index in [1.807, 2.05) is 0 Å². The largest absolute Gasteiger partial charge is 0.307 e. The average molecular weight is 234 g/mol. The van der Waals surface area contributed by atoms with Crippen LogP contribution in [0.2, 0.25) is 0 Å². The molecule has 2 heterocycles. The van der Waals surface area contributed by atoms with Gasteiger partial charge < -0.3 is 4.98 Å². The number of rotatable bonds is 0. The Hall–Kier alpha value is -1.06. The monoisotopic (exact) mass is 234 g/mol. The Bertz CT molecular complexity index is 455. The lowest BCUT2D eigenvalue weighted by Crippen LogP contribution is -1.60. The molecule has 13 heavy (non-hydrogen) atoms. The van der Waals surface area contributed by atoms with Crippen LogP contribution in [0.3, 0.4) is 0 Å². The van der Waals surface area contributed by atoms with Gasteiger partial charge in [-0.2, -0.15) is 0 Å². The van der Waals surface area contributed by atoms with Crippen LogP contribution in [0.15, 0.2) is 6.33 Å². The first kappa shape index (κ1) is 10.0. The smallest absolute Gasteiger partial charge is 0.213 e. The van der Waals surface area contributed by atoms with Crippen LogP contribution < -0.4 is 0 Å². The molecule has 0 aromatic carbocycles. The summed E-state index contributed by atoms with van der Waals surface area (Å²) in [6.07, 6.45) is 1.50. The van der Waals surface area contributed by atoms with Crippen molar-refractivity contribution >= 4 is 36.7 Å². The fraction of sp³-hybridized carbons (Fsp3) is 0. The van der Waals surface area contributed by atoms with Crippen molar-refractivity contribution in [2.45, 2.75) is 0 Å². The third-order valence-corrected chi connectivity index (χ3v) is 1.56. The van der Waals surface area contributed by atoms with Gasteiger partial charge in [0.05, 0.1) is 0 Å². The highest BCUT2D eigenvalue weighted by molar-refractivity contribution is 7.72. The number of nitrogens with zero attached hydrogens (tertiary/aromatic N) is 1. The molecule has 0 unspecified atom stereocenters. The van der Waals surface area contributed by atoms with Gasteiger partial charge in [0.2, 0.25) is 4.77 Å². The molecule has 6 nitrogen and oxygen atoms in total. The minimum atomic E-state index is 0.495. The summed E-state index contributed by atoms with van der Waals surface area (Å²) in [6, 6.07) is 0. The third-order valence-electron chi connectivity index (χ3n) is 0.942. The van der Waals surface area contributed by atoms with Gasteiger partial charge in [0.1, 0.15) is 6.33 Å². The van der Waals surface area contributed by atoms with Crippen LogP contribution in [0, 0.1) is 14.3 Å². The van der Waals surface area contributed by atoms with Crippen molar-refractivity contribution in [1.29, 1.82) is 0 Å². The Kier molecular flexibility index (Phi) is 3.73. The number of hydrogen-bond donors (Lipinski definition) is 5. The lowest BCUT2D eigenvalue weighted by Gasteiger charge is -1.56. The highest BCUT2D eigenvalue weighted by Crippen LogP contribution is 1.73. The predicted molar refractivity (Wildman–Crippen MR) is 54.9 cm³/mol. The molecule has 0 radical (unpaired) electrons. The zero-order valence-corrected chi connectivity index (χ0v) is 8.70. The lowest BCUT2D eigenvalue weighted by molar-refractivity contribution is 1.07. The van der Waals surface area contributed by atoms with E-state index in [0.717, 1.165) is 0 Å². The van der Waals surface area contributed by atoms with Gasteiger partial charge >= 0.3 is 0 Å². The fourth-order valence-electron chi connectivity index (χ4n) is 0.496. The maximum atomic E-state index is 4.62. The molecule has 9 heteroatoms. The topological polar surface area (TPSA) is 91.8 Å². The molecule has 0 saturated carbocycles. The summed E-state index contributed by atoms with van der Waals surface area (Å²) in [5.74, 6) is 0. The minimum absolute atomic E-state index is 0.495. The quantitative estimate of drug-likeness (QED) is 0.448. The Morgan fingerprint density at radius 2 is 1.62 bits per heavy atom. The number of aromatic amines is 5. The van der Waals surface area contributed by atoms with Crippen LogP contribution in [0.1, 0.15) is 0 Å². The first-order chi connectivity index (χ1) is 6.18. The summed E-state index contributed by atoms with van der Waals surface area (Å²) in [7, 11) is 0. The molecule has 0 fully saturated rings. The number of nitrogens with one attached hydrogen (secondary N) is 5. The minimum Gasteiger partial charge on any atom is -0.307 e. The molecule has 0 bridgehead atoms. The van der Waals surface area contributed by atoms with E-state index in [0.29, 0.717) is 14.3 Å². The Labute approximate surface area is 87.8 Å². The second kappa shape index (κ2) is 4.84. The van der Waals surface area contributed by atoms with E-state index in [4.69, 9.17) is 0 Å². The average Bonchev–Trinajstić information content (AvgIpc) is 2.64. The van der Waals surface area contributed by atoms with E-state index < -0.39 is 0 Å². The van der Waals surface area contributed by atoms with Gasteiger partial charge in [-0.25, -0.2) is 4.98 Å². The van der Waals surface area contributed by atoms with Crippen LogP contribution in [0.25, 0.3) is 0 Å². The second-order valence-corrected chi connectivity index (χ2v) is 3.07. The van der Waals surface area contributed by atoms with Crippen molar-refractivity contribution in [3.8, 4) is 0 Å². The van der Waals surface area contributed by atoms with Gasteiger partial charge in [0, 0.05) is 0 Å². The number of H-pyrrole nitrogens is 5. The lowest BCUT2D eigenvalue weighted by atomic mass is 11.3. The standard InChI is InChI=1S/C2H3N3S2.C2H3N3S/c6-1-3-2(7)5-4-1;6-2-3-1-4-5-2/h(H3,3,4,5,6,7);1H,(H2,3,4,5,6). The number of hydrogen-bond acceptors (Lipinski definition) is 4. The predicted octanol–water partition coefficient (Wildman–Crippen LogP) is 1.60. The molecular formula is C4H6N6S3. The molecule has 0 amide bonds. The van der Waals surface area contributed by atoms with Gasteiger partial charge in [-0.3, -0.25) is 20.4 Å². The van der Waals surface area contributed by atoms with Crippen LogP contribution in [0.5, 0.6) is 0 Å². The molecule has 0 aliphatic heterocycles. The first-order valence-corrected chi connectivity index (χ1v) is 4.36. The summed E-state index contributed by atoms with van der Waals surface area (Å²) in [5, 5.41) is 10.4. The molecule has 5 N–H and O–H groups in total. The maximum Gasteiger partial charge on any atom is 0.213 e. The van der Waals surface area contributed by atoms with Crippen molar-refractivity contribution in [1.82, 2.24) is 30.4 Å². The SMILES string of the molecule is S=c1[nH][nH]c(=S)[nH]1.S=c1nc[nH][nH]1. The summed E-state index contributed by atoms with van der Waals surface area (Å²) >= 11 is 13.8. The fourth-order valence-corrected chi connectivity index (χ4v) is 0.979. The van der Waals surface area contributed by atoms with Crippen molar-refractivity contribution in [2.75, 3.05) is 0 Å². The van der Waals surface area contributed by atoms with E-state index in [2.05, 4.69) is 67.0 Å². The maximum absolute atomic E-state index is 4.62. The molecule has 0 atom stereocenters. The summed E-state index contributed by atoms with van der Waals surface area (Å²) in [6.45, 7) is 0. The van der Waals surface area contributed by atoms with Gasteiger partial charge in [-0.1, -0.05) is 0 Å². The summed E-state index contributed by atoms with van der Waals surface area (Å²) in [4.78, 5) is 6.28. The van der Waals surface area contributed by atoms with Crippen LogP contribution in [-0.2, 0) is 0 Å². The highest BCUT2D eigenvalue weighted by atomic mass is 32.1. The molecule has 70 valence electrons. The molecule has 0 aliphatic carbocycles. The zero-order chi connectivity index (χ0) is 9.68. The molecule has 2 aromatic rings. The van der Waals surface area contributed by atoms with Crippen LogP contribution in [-0.4, -0.2) is 30.4 Å². The second-order valence-electron chi connectivity index (χ2n) is 1.87. The van der Waals surface area contributed by atoms with Crippen LogP contribution in [0.4, 0.5) is 0 Å². The van der Waals surface area contributed by atoms with Crippen molar-refractivity contribution < 1.29 is 0 Å². The van der Waals surface area contributed by atoms with Gasteiger partial charge in [-0.05, 0) is 36.7 Å². The normalized spacial score (nSPS) is 8.92. The van der Waals surface area contributed by atoms with Gasteiger partial charge in [-0.15, -0.1) is 0 Å². The van der Waals surface area contributed by atoms with E-state index >= 15 is 0 Å². The van der Waals surface area contributed by atoms with Crippen LogP contribution >= 0.6 is 36.7 Å². The first-order valence-electron chi connectivity index (χ1n) is 3.13. The Morgan fingerprint density at radius 1 is 1.00 bits per heavy atom. The summed E-state index contributed by atoms with van der Waals surface area (Å²) < 4.78 is 1.56. The van der Waals surface area contributed by atoms with Crippen molar-refractivity contribution in [3.63, 3.8) is 0 Å². The molecular weight excluding hydrogens is 228 g/mol. The molecule has 0 aliphatic rings. The highest BCUT2D eigenvalue weighted by Gasteiger charge is 1.71. The Morgan fingerprint density at radius 3 is 1.77 bits per heavy atom. The van der Waals surface area contributed by atoms with E-state index in [-0.39, 0.29) is 0 Å². The molecule has 0 saturated heterocycles.